The molecule has 1 aromatic carbocycles. The first kappa shape index (κ1) is 16.5. The molecule has 2 aromatic rings. The largest absolute Gasteiger partial charge is 0.481 e. The van der Waals surface area contributed by atoms with E-state index in [1.54, 1.807) is 17.1 Å². The Labute approximate surface area is 133 Å². The molecule has 7 nitrogen and oxygen atoms in total. The highest BCUT2D eigenvalue weighted by atomic mass is 16.5. The Morgan fingerprint density at radius 3 is 2.70 bits per heavy atom. The number of aliphatic carboxylic acids is 1. The zero-order valence-corrected chi connectivity index (χ0v) is 12.8. The van der Waals surface area contributed by atoms with E-state index in [0.29, 0.717) is 12.2 Å². The van der Waals surface area contributed by atoms with E-state index in [1.165, 1.54) is 0 Å². The first-order chi connectivity index (χ1) is 11.1. The van der Waals surface area contributed by atoms with Crippen molar-refractivity contribution in [2.45, 2.75) is 32.5 Å². The van der Waals surface area contributed by atoms with Gasteiger partial charge < -0.3 is 19.7 Å². The summed E-state index contributed by atoms with van der Waals surface area (Å²) in [6, 6.07) is 8.51. The summed E-state index contributed by atoms with van der Waals surface area (Å²) in [6.07, 6.45) is 2.37. The Morgan fingerprint density at radius 2 is 2.09 bits per heavy atom. The highest BCUT2D eigenvalue weighted by Gasteiger charge is 2.21. The van der Waals surface area contributed by atoms with Crippen molar-refractivity contribution < 1.29 is 19.4 Å². The van der Waals surface area contributed by atoms with E-state index in [1.807, 2.05) is 37.3 Å². The number of rotatable bonds is 7. The van der Waals surface area contributed by atoms with Gasteiger partial charge in [-0.3, -0.25) is 4.79 Å². The quantitative estimate of drug-likeness (QED) is 0.817. The van der Waals surface area contributed by atoms with Crippen LogP contribution in [0.2, 0.25) is 0 Å². The fourth-order valence-corrected chi connectivity index (χ4v) is 2.04. The molecule has 0 spiro atoms. The number of aromatic nitrogens is 2. The molecular weight excluding hydrogens is 298 g/mol. The molecule has 0 unspecified atom stereocenters. The lowest BCUT2D eigenvalue weighted by molar-refractivity contribution is -0.137. The maximum absolute atomic E-state index is 11.9. The van der Waals surface area contributed by atoms with Crippen LogP contribution in [0.3, 0.4) is 0 Å². The van der Waals surface area contributed by atoms with Gasteiger partial charge in [0.05, 0.1) is 24.5 Å². The minimum Gasteiger partial charge on any atom is -0.481 e. The zero-order chi connectivity index (χ0) is 16.7. The number of hydrogen-bond acceptors (Lipinski definition) is 4. The lowest BCUT2D eigenvalue weighted by Crippen LogP contribution is -2.31. The Kier molecular flexibility index (Phi) is 5.74. The van der Waals surface area contributed by atoms with Gasteiger partial charge in [0.2, 0.25) is 0 Å². The number of nitrogens with one attached hydrogen (secondary N) is 1. The van der Waals surface area contributed by atoms with Gasteiger partial charge in [0, 0.05) is 12.7 Å². The normalized spacial score (nSPS) is 11.7. The van der Waals surface area contributed by atoms with Crippen LogP contribution in [-0.4, -0.2) is 26.7 Å². The Bertz CT molecular complexity index is 654. The van der Waals surface area contributed by atoms with Gasteiger partial charge in [-0.2, -0.15) is 0 Å². The van der Waals surface area contributed by atoms with Crippen LogP contribution in [-0.2, 0) is 22.7 Å². The molecule has 0 fully saturated rings. The Balaban J connectivity index is 1.96. The van der Waals surface area contributed by atoms with E-state index in [0.717, 1.165) is 5.56 Å². The molecule has 7 heteroatoms. The minimum atomic E-state index is -1.02. The fourth-order valence-electron chi connectivity index (χ4n) is 2.04. The molecule has 1 amide bonds. The summed E-state index contributed by atoms with van der Waals surface area (Å²) in [7, 11) is 0. The van der Waals surface area contributed by atoms with Crippen molar-refractivity contribution in [3.05, 3.63) is 54.1 Å². The molecule has 2 N–H and O–H groups in total. The number of carboxylic acids is 1. The van der Waals surface area contributed by atoms with E-state index in [2.05, 4.69) is 10.3 Å². The zero-order valence-electron chi connectivity index (χ0n) is 12.8. The number of hydrogen-bond donors (Lipinski definition) is 2. The van der Waals surface area contributed by atoms with Gasteiger partial charge in [0.1, 0.15) is 6.61 Å². The van der Waals surface area contributed by atoms with Crippen LogP contribution >= 0.6 is 0 Å². The van der Waals surface area contributed by atoms with Gasteiger partial charge in [0.25, 0.3) is 0 Å². The summed E-state index contributed by atoms with van der Waals surface area (Å²) in [5, 5.41) is 11.6. The smallest absolute Gasteiger partial charge is 0.408 e. The average Bonchev–Trinajstić information content (AvgIpc) is 3.02. The lowest BCUT2D eigenvalue weighted by atomic mass is 10.1. The van der Waals surface area contributed by atoms with Crippen LogP contribution in [0.15, 0.2) is 42.9 Å². The van der Waals surface area contributed by atoms with Crippen LogP contribution in [0.25, 0.3) is 0 Å². The molecule has 0 aliphatic heterocycles. The first-order valence-electron chi connectivity index (χ1n) is 7.29. The number of amides is 1. The predicted molar refractivity (Wildman–Crippen MR) is 82.7 cm³/mol. The van der Waals surface area contributed by atoms with Crippen molar-refractivity contribution in [1.29, 1.82) is 0 Å². The summed E-state index contributed by atoms with van der Waals surface area (Å²) in [6.45, 7) is 2.78. The van der Waals surface area contributed by atoms with E-state index in [9.17, 15) is 9.59 Å². The van der Waals surface area contributed by atoms with E-state index >= 15 is 0 Å². The summed E-state index contributed by atoms with van der Waals surface area (Å²) >= 11 is 0. The van der Waals surface area contributed by atoms with Crippen molar-refractivity contribution >= 4 is 12.1 Å². The Hall–Kier alpha value is -2.83. The second-order valence-electron chi connectivity index (χ2n) is 4.99. The van der Waals surface area contributed by atoms with Gasteiger partial charge in [-0.25, -0.2) is 9.78 Å². The molecule has 1 aromatic heterocycles. The maximum Gasteiger partial charge on any atom is 0.408 e. The number of carbonyl (C=O) groups excluding carboxylic acids is 1. The number of aryl methyl sites for hydroxylation is 1. The monoisotopic (exact) mass is 317 g/mol. The molecule has 1 atom stereocenters. The highest BCUT2D eigenvalue weighted by Crippen LogP contribution is 2.15. The standard InChI is InChI=1S/C16H19N3O4/c1-2-19-9-14(17-11-19)13(8-15(20)21)18-16(22)23-10-12-6-4-3-5-7-12/h3-7,9,11,13H,2,8,10H2,1H3,(H,18,22)(H,20,21)/t13-/m0/s1. The molecule has 2 rings (SSSR count). The second kappa shape index (κ2) is 7.98. The summed E-state index contributed by atoms with van der Waals surface area (Å²) < 4.78 is 6.92. The third kappa shape index (κ3) is 5.14. The number of nitrogens with zero attached hydrogens (tertiary/aromatic N) is 2. The van der Waals surface area contributed by atoms with Gasteiger partial charge in [-0.05, 0) is 12.5 Å². The van der Waals surface area contributed by atoms with Crippen molar-refractivity contribution in [3.63, 3.8) is 0 Å². The maximum atomic E-state index is 11.9. The molecular formula is C16H19N3O4. The van der Waals surface area contributed by atoms with Crippen LogP contribution in [0.5, 0.6) is 0 Å². The van der Waals surface area contributed by atoms with Gasteiger partial charge in [0.15, 0.2) is 0 Å². The van der Waals surface area contributed by atoms with E-state index < -0.39 is 18.1 Å². The molecule has 0 saturated heterocycles. The van der Waals surface area contributed by atoms with Crippen LogP contribution in [0, 0.1) is 0 Å². The summed E-state index contributed by atoms with van der Waals surface area (Å²) in [5.41, 5.74) is 1.35. The first-order valence-corrected chi connectivity index (χ1v) is 7.29. The second-order valence-corrected chi connectivity index (χ2v) is 4.99. The molecule has 0 bridgehead atoms. The van der Waals surface area contributed by atoms with Gasteiger partial charge in [-0.15, -0.1) is 0 Å². The third-order valence-electron chi connectivity index (χ3n) is 3.26. The number of benzene rings is 1. The molecule has 0 aliphatic rings. The molecule has 23 heavy (non-hydrogen) atoms. The Morgan fingerprint density at radius 1 is 1.35 bits per heavy atom. The topological polar surface area (TPSA) is 93.5 Å². The van der Waals surface area contributed by atoms with Crippen molar-refractivity contribution in [2.24, 2.45) is 0 Å². The van der Waals surface area contributed by atoms with Crippen molar-refractivity contribution in [3.8, 4) is 0 Å². The van der Waals surface area contributed by atoms with E-state index in [4.69, 9.17) is 9.84 Å². The number of carboxylic acid groups (broad SMARTS) is 1. The summed E-state index contributed by atoms with van der Waals surface area (Å²) in [4.78, 5) is 27.0. The van der Waals surface area contributed by atoms with Gasteiger partial charge in [-0.1, -0.05) is 30.3 Å². The van der Waals surface area contributed by atoms with E-state index in [-0.39, 0.29) is 13.0 Å². The molecule has 1 heterocycles. The van der Waals surface area contributed by atoms with Crippen molar-refractivity contribution in [1.82, 2.24) is 14.9 Å². The van der Waals surface area contributed by atoms with Crippen molar-refractivity contribution in [2.75, 3.05) is 0 Å². The lowest BCUT2D eigenvalue weighted by Gasteiger charge is -2.15. The third-order valence-corrected chi connectivity index (χ3v) is 3.26. The average molecular weight is 317 g/mol. The van der Waals surface area contributed by atoms with Gasteiger partial charge >= 0.3 is 12.1 Å². The number of alkyl carbamates (subject to hydrolysis) is 1. The molecule has 0 radical (unpaired) electrons. The SMILES string of the molecule is CCn1cnc([C@H](CC(=O)O)NC(=O)OCc2ccccc2)c1. The van der Waals surface area contributed by atoms with Crippen LogP contribution in [0.4, 0.5) is 4.79 Å². The molecule has 0 saturated carbocycles. The summed E-state index contributed by atoms with van der Waals surface area (Å²) in [5.74, 6) is -1.02. The number of imidazole rings is 1. The minimum absolute atomic E-state index is 0.121. The predicted octanol–water partition coefficient (Wildman–Crippen LogP) is 2.35. The highest BCUT2D eigenvalue weighted by molar-refractivity contribution is 5.71. The number of ether oxygens (including phenoxy) is 1. The number of carbonyl (C=O) groups is 2. The molecule has 0 aliphatic carbocycles. The van der Waals surface area contributed by atoms with Crippen LogP contribution in [0.1, 0.15) is 30.6 Å². The fraction of sp³-hybridized carbons (Fsp3) is 0.312. The molecule has 122 valence electrons. The van der Waals surface area contributed by atoms with Crippen LogP contribution < -0.4 is 5.32 Å².